The zero-order valence-corrected chi connectivity index (χ0v) is 18.5. The van der Waals surface area contributed by atoms with Crippen LogP contribution in [0, 0.1) is 0 Å². The normalized spacial score (nSPS) is 16.2. The van der Waals surface area contributed by atoms with E-state index in [0.29, 0.717) is 19.2 Å². The number of hydrogen-bond acceptors (Lipinski definition) is 5. The van der Waals surface area contributed by atoms with Crippen LogP contribution in [0.4, 0.5) is 0 Å². The molecule has 0 amide bonds. The van der Waals surface area contributed by atoms with E-state index in [-0.39, 0.29) is 0 Å². The first-order valence-corrected chi connectivity index (χ1v) is 11.4. The quantitative estimate of drug-likeness (QED) is 0.603. The molecule has 0 bridgehead atoms. The van der Waals surface area contributed by atoms with Gasteiger partial charge in [-0.3, -0.25) is 9.88 Å². The third kappa shape index (κ3) is 7.38. The van der Waals surface area contributed by atoms with E-state index in [9.17, 15) is 5.11 Å². The van der Waals surface area contributed by atoms with Crippen molar-refractivity contribution in [3.63, 3.8) is 0 Å². The Kier molecular flexibility index (Phi) is 9.12. The molecule has 3 rings (SSSR count). The van der Waals surface area contributed by atoms with E-state index in [0.717, 1.165) is 25.4 Å². The second-order valence-electron chi connectivity index (χ2n) is 8.50. The van der Waals surface area contributed by atoms with Crippen LogP contribution in [0.5, 0.6) is 5.75 Å². The first kappa shape index (κ1) is 22.7. The molecule has 5 nitrogen and oxygen atoms in total. The van der Waals surface area contributed by atoms with E-state index in [1.165, 1.54) is 43.2 Å². The van der Waals surface area contributed by atoms with E-state index < -0.39 is 6.10 Å². The van der Waals surface area contributed by atoms with Gasteiger partial charge in [0.05, 0.1) is 0 Å². The number of nitrogens with zero attached hydrogens (tertiary/aromatic N) is 3. The average molecular weight is 412 g/mol. The summed E-state index contributed by atoms with van der Waals surface area (Å²) < 4.78 is 5.93. The molecule has 1 saturated carbocycles. The second kappa shape index (κ2) is 12.0. The highest BCUT2D eigenvalue weighted by Crippen LogP contribution is 2.22. The lowest BCUT2D eigenvalue weighted by molar-refractivity contribution is 0.0561. The number of ether oxygens (including phenoxy) is 1. The molecule has 1 aromatic heterocycles. The SMILES string of the molecule is CCN(Cc1ccncc1)Cc1cccc(OCC(O)CN(C)C2CCCCC2)c1. The number of aliphatic hydroxyl groups excluding tert-OH is 1. The van der Waals surface area contributed by atoms with Crippen LogP contribution >= 0.6 is 0 Å². The highest BCUT2D eigenvalue weighted by molar-refractivity contribution is 5.28. The Morgan fingerprint density at radius 3 is 2.53 bits per heavy atom. The summed E-state index contributed by atoms with van der Waals surface area (Å²) in [6.07, 6.45) is 9.68. The van der Waals surface area contributed by atoms with Gasteiger partial charge in [-0.25, -0.2) is 0 Å². The summed E-state index contributed by atoms with van der Waals surface area (Å²) >= 11 is 0. The van der Waals surface area contributed by atoms with Crippen LogP contribution in [0.2, 0.25) is 0 Å². The number of aromatic nitrogens is 1. The van der Waals surface area contributed by atoms with Crippen molar-refractivity contribution in [2.75, 3.05) is 26.7 Å². The number of benzene rings is 1. The molecule has 1 heterocycles. The van der Waals surface area contributed by atoms with E-state index in [4.69, 9.17) is 4.74 Å². The first-order valence-electron chi connectivity index (χ1n) is 11.4. The summed E-state index contributed by atoms with van der Waals surface area (Å²) in [6.45, 7) is 5.91. The van der Waals surface area contributed by atoms with Crippen molar-refractivity contribution in [3.8, 4) is 5.75 Å². The van der Waals surface area contributed by atoms with Gasteiger partial charge < -0.3 is 14.7 Å². The summed E-state index contributed by atoms with van der Waals surface area (Å²) in [4.78, 5) is 8.79. The Bertz CT molecular complexity index is 734. The summed E-state index contributed by atoms with van der Waals surface area (Å²) in [5.41, 5.74) is 2.49. The minimum absolute atomic E-state index is 0.328. The van der Waals surface area contributed by atoms with Crippen molar-refractivity contribution < 1.29 is 9.84 Å². The zero-order chi connectivity index (χ0) is 21.2. The van der Waals surface area contributed by atoms with Gasteiger partial charge >= 0.3 is 0 Å². The van der Waals surface area contributed by atoms with Crippen LogP contribution in [-0.4, -0.2) is 58.8 Å². The summed E-state index contributed by atoms with van der Waals surface area (Å²) in [7, 11) is 2.13. The van der Waals surface area contributed by atoms with Gasteiger partial charge in [0, 0.05) is 38.1 Å². The Labute approximate surface area is 181 Å². The lowest BCUT2D eigenvalue weighted by Gasteiger charge is -2.32. The molecule has 164 valence electrons. The van der Waals surface area contributed by atoms with Gasteiger partial charge in [0.15, 0.2) is 0 Å². The lowest BCUT2D eigenvalue weighted by Crippen LogP contribution is -2.40. The van der Waals surface area contributed by atoms with Crippen LogP contribution < -0.4 is 4.74 Å². The van der Waals surface area contributed by atoms with Crippen LogP contribution in [0.25, 0.3) is 0 Å². The fourth-order valence-corrected chi connectivity index (χ4v) is 4.27. The molecule has 1 fully saturated rings. The summed E-state index contributed by atoms with van der Waals surface area (Å²) in [5.74, 6) is 0.826. The maximum absolute atomic E-state index is 10.4. The molecule has 0 spiro atoms. The Hall–Kier alpha value is -1.95. The largest absolute Gasteiger partial charge is 0.491 e. The highest BCUT2D eigenvalue weighted by atomic mass is 16.5. The molecule has 1 aliphatic carbocycles. The molecule has 2 aromatic rings. The van der Waals surface area contributed by atoms with Gasteiger partial charge in [-0.1, -0.05) is 38.3 Å². The number of hydrogen-bond donors (Lipinski definition) is 1. The fraction of sp³-hybridized carbons (Fsp3) is 0.560. The predicted molar refractivity (Wildman–Crippen MR) is 121 cm³/mol. The van der Waals surface area contributed by atoms with Crippen molar-refractivity contribution in [1.82, 2.24) is 14.8 Å². The van der Waals surface area contributed by atoms with Crippen molar-refractivity contribution >= 4 is 0 Å². The van der Waals surface area contributed by atoms with Gasteiger partial charge in [0.2, 0.25) is 0 Å². The Morgan fingerprint density at radius 2 is 1.80 bits per heavy atom. The van der Waals surface area contributed by atoms with E-state index in [1.807, 2.05) is 24.5 Å². The number of rotatable bonds is 11. The van der Waals surface area contributed by atoms with Crippen molar-refractivity contribution in [2.24, 2.45) is 0 Å². The highest BCUT2D eigenvalue weighted by Gasteiger charge is 2.20. The number of likely N-dealkylation sites (N-methyl/N-ethyl adjacent to an activating group) is 1. The Morgan fingerprint density at radius 1 is 1.07 bits per heavy atom. The predicted octanol–water partition coefficient (Wildman–Crippen LogP) is 4.11. The molecule has 1 N–H and O–H groups in total. The standard InChI is InChI=1S/C25H37N3O2/c1-3-28(17-21-12-14-26-15-13-21)18-22-8-7-11-25(16-22)30-20-24(29)19-27(2)23-9-5-4-6-10-23/h7-8,11-16,23-24,29H,3-6,9-10,17-20H2,1-2H3. The van der Waals surface area contributed by atoms with Gasteiger partial charge in [-0.15, -0.1) is 0 Å². The monoisotopic (exact) mass is 411 g/mol. The smallest absolute Gasteiger partial charge is 0.119 e. The van der Waals surface area contributed by atoms with E-state index in [2.05, 4.69) is 53.0 Å². The van der Waals surface area contributed by atoms with Crippen LogP contribution in [0.3, 0.4) is 0 Å². The van der Waals surface area contributed by atoms with Gasteiger partial charge in [-0.05, 0) is 61.8 Å². The maximum Gasteiger partial charge on any atom is 0.119 e. The van der Waals surface area contributed by atoms with Crippen molar-refractivity contribution in [2.45, 2.75) is 64.3 Å². The molecule has 1 unspecified atom stereocenters. The third-order valence-electron chi connectivity index (χ3n) is 6.05. The second-order valence-corrected chi connectivity index (χ2v) is 8.50. The molecule has 0 aliphatic heterocycles. The lowest BCUT2D eigenvalue weighted by atomic mass is 9.94. The van der Waals surface area contributed by atoms with Gasteiger partial charge in [-0.2, -0.15) is 0 Å². The van der Waals surface area contributed by atoms with Crippen molar-refractivity contribution in [3.05, 3.63) is 59.9 Å². The Balaban J connectivity index is 1.47. The molecule has 30 heavy (non-hydrogen) atoms. The summed E-state index contributed by atoms with van der Waals surface area (Å²) in [6, 6.07) is 13.0. The average Bonchev–Trinajstić information content (AvgIpc) is 2.79. The van der Waals surface area contributed by atoms with E-state index in [1.54, 1.807) is 0 Å². The maximum atomic E-state index is 10.4. The van der Waals surface area contributed by atoms with Gasteiger partial charge in [0.1, 0.15) is 18.5 Å². The van der Waals surface area contributed by atoms with Crippen LogP contribution in [0.1, 0.15) is 50.2 Å². The minimum atomic E-state index is -0.473. The fourth-order valence-electron chi connectivity index (χ4n) is 4.27. The summed E-state index contributed by atoms with van der Waals surface area (Å²) in [5, 5.41) is 10.4. The van der Waals surface area contributed by atoms with Crippen LogP contribution in [-0.2, 0) is 13.1 Å². The zero-order valence-electron chi connectivity index (χ0n) is 18.5. The third-order valence-corrected chi connectivity index (χ3v) is 6.05. The minimum Gasteiger partial charge on any atom is -0.491 e. The molecule has 1 aliphatic rings. The number of aliphatic hydroxyl groups is 1. The van der Waals surface area contributed by atoms with Crippen molar-refractivity contribution in [1.29, 1.82) is 0 Å². The molecule has 1 aromatic carbocycles. The molecular weight excluding hydrogens is 374 g/mol. The molecule has 0 saturated heterocycles. The molecule has 5 heteroatoms. The molecular formula is C25H37N3O2. The molecule has 0 radical (unpaired) electrons. The van der Waals surface area contributed by atoms with Crippen LogP contribution in [0.15, 0.2) is 48.8 Å². The first-order chi connectivity index (χ1) is 14.6. The molecule has 1 atom stereocenters. The topological polar surface area (TPSA) is 48.8 Å². The number of pyridine rings is 1. The van der Waals surface area contributed by atoms with E-state index >= 15 is 0 Å². The van der Waals surface area contributed by atoms with Gasteiger partial charge in [0.25, 0.3) is 0 Å².